The van der Waals surface area contributed by atoms with Crippen LogP contribution in [0.5, 0.6) is 11.5 Å². The fourth-order valence-corrected chi connectivity index (χ4v) is 9.97. The molecule has 3 unspecified atom stereocenters. The molecule has 5 N–H and O–H groups in total. The minimum absolute atomic E-state index is 0.0398. The van der Waals surface area contributed by atoms with Crippen LogP contribution >= 0.6 is 0 Å². The van der Waals surface area contributed by atoms with E-state index in [1.807, 2.05) is 66.7 Å². The number of rotatable bonds is 14. The lowest BCUT2D eigenvalue weighted by Crippen LogP contribution is -2.65. The van der Waals surface area contributed by atoms with Crippen LogP contribution in [0.1, 0.15) is 75.6 Å². The maximum Gasteiger partial charge on any atom is 0.310 e. The molecule has 12 heteroatoms. The number of ether oxygens (including phenoxy) is 4. The number of allylic oxidation sites excluding steroid dienone is 3. The number of carboxylic acid groups (broad SMARTS) is 2. The summed E-state index contributed by atoms with van der Waals surface area (Å²) < 4.78 is 22.2. The molecule has 0 amide bonds. The highest BCUT2D eigenvalue weighted by molar-refractivity contribution is 5.75. The van der Waals surface area contributed by atoms with Crippen LogP contribution in [0.25, 0.3) is 0 Å². The summed E-state index contributed by atoms with van der Waals surface area (Å²) in [6.07, 6.45) is 11.6. The molecule has 0 aromatic heterocycles. The zero-order valence-electron chi connectivity index (χ0n) is 39.3. The Morgan fingerprint density at radius 2 is 1.43 bits per heavy atom. The number of methoxy groups -OCH3 is 2. The second-order valence-corrected chi connectivity index (χ2v) is 18.7. The van der Waals surface area contributed by atoms with E-state index < -0.39 is 30.1 Å². The fraction of sp³-hybridized carbons (Fsp3) is 0.509. The molecule has 3 fully saturated rings. The number of hydrogen-bond donors (Lipinski definition) is 5. The minimum atomic E-state index is -0.861. The molecule has 3 aromatic rings. The van der Waals surface area contributed by atoms with Crippen molar-refractivity contribution in [1.29, 1.82) is 0 Å². The van der Waals surface area contributed by atoms with Gasteiger partial charge in [-0.1, -0.05) is 107 Å². The largest absolute Gasteiger partial charge is 0.493 e. The Morgan fingerprint density at radius 3 is 1.98 bits per heavy atom. The van der Waals surface area contributed by atoms with Crippen LogP contribution in [0.4, 0.5) is 0 Å². The van der Waals surface area contributed by atoms with Crippen molar-refractivity contribution in [2.24, 2.45) is 35.0 Å². The monoisotopic (exact) mass is 898 g/mol. The third kappa shape index (κ3) is 12.6. The number of aliphatic hydroxyl groups excluding tert-OH is 3. The van der Waals surface area contributed by atoms with Gasteiger partial charge in [-0.15, -0.1) is 0 Å². The Balaban J connectivity index is 0.000000167. The van der Waals surface area contributed by atoms with Crippen molar-refractivity contribution in [1.82, 2.24) is 4.90 Å². The molecule has 8 rings (SSSR count). The molecule has 12 nitrogen and oxygen atoms in total. The second kappa shape index (κ2) is 23.4. The number of benzene rings is 3. The zero-order valence-corrected chi connectivity index (χ0v) is 39.3. The Labute approximate surface area is 385 Å². The smallest absolute Gasteiger partial charge is 0.310 e. The van der Waals surface area contributed by atoms with Crippen molar-refractivity contribution >= 4 is 11.9 Å². The molecule has 354 valence electrons. The van der Waals surface area contributed by atoms with Gasteiger partial charge in [0.2, 0.25) is 0 Å². The van der Waals surface area contributed by atoms with E-state index in [1.54, 1.807) is 33.3 Å². The quantitative estimate of drug-likeness (QED) is 0.1000. The topological polar surface area (TPSA) is 175 Å². The fourth-order valence-electron chi connectivity index (χ4n) is 9.97. The normalized spacial score (nSPS) is 25.3. The molecule has 1 spiro atoms. The number of aliphatic carboxylic acids is 2. The molecule has 1 saturated carbocycles. The molecule has 3 aliphatic carbocycles. The molecule has 2 heterocycles. The Kier molecular flexibility index (Phi) is 18.3. The van der Waals surface area contributed by atoms with Gasteiger partial charge >= 0.3 is 11.9 Å². The highest BCUT2D eigenvalue weighted by Gasteiger charge is 2.69. The number of nitrogens with zero attached hydrogens (tertiary/aromatic N) is 1. The first-order valence-electron chi connectivity index (χ1n) is 22.9. The molecule has 9 atom stereocenters. The Morgan fingerprint density at radius 1 is 0.831 bits per heavy atom. The van der Waals surface area contributed by atoms with Crippen molar-refractivity contribution in [3.05, 3.63) is 131 Å². The highest BCUT2D eigenvalue weighted by Crippen LogP contribution is 2.67. The summed E-state index contributed by atoms with van der Waals surface area (Å²) in [5.74, 6) is 3.67. The van der Waals surface area contributed by atoms with Crippen LogP contribution in [0.2, 0.25) is 0 Å². The third-order valence-corrected chi connectivity index (χ3v) is 13.1. The summed E-state index contributed by atoms with van der Waals surface area (Å²) in [5.41, 5.74) is 4.32. The summed E-state index contributed by atoms with van der Waals surface area (Å²) in [4.78, 5) is 23.7. The molecular formula is C53H71NO11. The SMILES string of the molecule is CC(C)Cc1ccc(CC(=O)O)cc1.CC(C)Cc1ccc([C@H](C)C(=O)O)cc1.COC1=C2O[C@H]3[C@@H](O)C=C[C@H]4[C@H]5CC(C=C1)C2[C@]43CCN5C.COc1ccccc1OCC(O)CO. The van der Waals surface area contributed by atoms with E-state index in [-0.39, 0.29) is 31.2 Å². The number of piperidine rings is 1. The second-order valence-electron chi connectivity index (χ2n) is 18.7. The molecule has 5 aliphatic rings. The van der Waals surface area contributed by atoms with Crippen LogP contribution < -0.4 is 9.47 Å². The molecule has 2 aliphatic heterocycles. The number of para-hydroxylation sites is 2. The zero-order chi connectivity index (χ0) is 47.4. The van der Waals surface area contributed by atoms with Gasteiger partial charge in [0.25, 0.3) is 0 Å². The van der Waals surface area contributed by atoms with Gasteiger partial charge in [-0.05, 0) is 104 Å². The van der Waals surface area contributed by atoms with Crippen LogP contribution in [-0.4, -0.2) is 108 Å². The van der Waals surface area contributed by atoms with E-state index in [2.05, 4.69) is 57.9 Å². The average molecular weight is 898 g/mol. The Bertz CT molecular complexity index is 2090. The maximum absolute atomic E-state index is 10.8. The van der Waals surface area contributed by atoms with Crippen LogP contribution in [-0.2, 0) is 38.3 Å². The number of carbonyl (C=O) groups is 2. The predicted octanol–water partition coefficient (Wildman–Crippen LogP) is 7.70. The lowest BCUT2D eigenvalue weighted by molar-refractivity contribution is -0.138. The lowest BCUT2D eigenvalue weighted by atomic mass is 9.48. The van der Waals surface area contributed by atoms with Crippen LogP contribution in [0.3, 0.4) is 0 Å². The van der Waals surface area contributed by atoms with Crippen LogP contribution in [0.15, 0.2) is 109 Å². The van der Waals surface area contributed by atoms with E-state index in [0.717, 1.165) is 48.5 Å². The summed E-state index contributed by atoms with van der Waals surface area (Å²) in [6, 6.07) is 23.4. The number of hydrogen-bond acceptors (Lipinski definition) is 10. The Hall–Kier alpha value is -5.14. The number of likely N-dealkylation sites (tertiary alicyclic amines) is 1. The molecule has 0 radical (unpaired) electrons. The van der Waals surface area contributed by atoms with E-state index in [0.29, 0.717) is 47.1 Å². The van der Waals surface area contributed by atoms with Gasteiger partial charge in [-0.25, -0.2) is 0 Å². The van der Waals surface area contributed by atoms with E-state index >= 15 is 0 Å². The van der Waals surface area contributed by atoms with E-state index in [1.165, 1.54) is 17.5 Å². The standard InChI is InChI=1S/C18H23NO3.C13H18O2.C12H16O2.C10H14O4/c1-19-8-7-18-11-4-5-13(20)17(18)22-16-14(21-2)6-3-10(15(16)18)9-12(11)19;1-9(2)8-11-4-6-12(7-5-11)10(3)13(14)15;1-9(2)7-10-3-5-11(6-4-10)8-12(13)14;1-13-9-4-2-3-5-10(9)14-7-8(12)6-11/h3-6,10-13,15,17,20H,7-9H2,1-2H3;4-7,9-10H,8H2,1-3H3,(H,14,15);3-6,9H,7-8H2,1-2H3,(H,13,14);2-5,8,11-12H,6-7H2,1H3/t10?,11-,12+,13-,15?,17-,18-;10-;;/m00../s1. The molecule has 3 aromatic carbocycles. The van der Waals surface area contributed by atoms with Gasteiger partial charge in [0.05, 0.1) is 33.2 Å². The van der Waals surface area contributed by atoms with Gasteiger partial charge < -0.3 is 49.4 Å². The van der Waals surface area contributed by atoms with Gasteiger partial charge in [0.1, 0.15) is 30.7 Å². The molecule has 65 heavy (non-hydrogen) atoms. The molecular weight excluding hydrogens is 827 g/mol. The number of carboxylic acids is 2. The van der Waals surface area contributed by atoms with Gasteiger partial charge in [-0.3, -0.25) is 9.59 Å². The summed E-state index contributed by atoms with van der Waals surface area (Å²) in [5, 5.41) is 45.7. The molecule has 2 saturated heterocycles. The third-order valence-electron chi connectivity index (χ3n) is 13.1. The van der Waals surface area contributed by atoms with Crippen molar-refractivity contribution in [3.63, 3.8) is 0 Å². The van der Waals surface area contributed by atoms with Crippen molar-refractivity contribution in [2.45, 2.75) is 97.0 Å². The summed E-state index contributed by atoms with van der Waals surface area (Å²) in [7, 11) is 5.50. The summed E-state index contributed by atoms with van der Waals surface area (Å²) >= 11 is 0. The first-order valence-corrected chi connectivity index (χ1v) is 22.9. The maximum atomic E-state index is 10.8. The van der Waals surface area contributed by atoms with Gasteiger partial charge in [0, 0.05) is 23.3 Å². The van der Waals surface area contributed by atoms with E-state index in [9.17, 15) is 14.7 Å². The van der Waals surface area contributed by atoms with Crippen molar-refractivity contribution < 1.29 is 54.1 Å². The first kappa shape index (κ1) is 50.9. The van der Waals surface area contributed by atoms with Crippen molar-refractivity contribution in [2.75, 3.05) is 41.0 Å². The average Bonchev–Trinajstić information content (AvgIpc) is 3.64. The highest BCUT2D eigenvalue weighted by atomic mass is 16.5. The van der Waals surface area contributed by atoms with Gasteiger partial charge in [0.15, 0.2) is 17.3 Å². The van der Waals surface area contributed by atoms with Gasteiger partial charge in [-0.2, -0.15) is 0 Å². The number of aliphatic hydroxyl groups is 3. The first-order chi connectivity index (χ1) is 31.0. The molecule has 2 bridgehead atoms. The van der Waals surface area contributed by atoms with Crippen molar-refractivity contribution in [3.8, 4) is 11.5 Å². The van der Waals surface area contributed by atoms with E-state index in [4.69, 9.17) is 39.4 Å². The predicted molar refractivity (Wildman–Crippen MR) is 251 cm³/mol. The summed E-state index contributed by atoms with van der Waals surface area (Å²) in [6.45, 7) is 11.2. The lowest BCUT2D eigenvalue weighted by Gasteiger charge is -2.60. The minimum Gasteiger partial charge on any atom is -0.493 e. The van der Waals surface area contributed by atoms with Crippen LogP contribution in [0, 0.1) is 35.0 Å².